The molecule has 0 radical (unpaired) electrons. The third-order valence-corrected chi connectivity index (χ3v) is 1.87. The van der Waals surface area contributed by atoms with Crippen molar-refractivity contribution in [2.24, 2.45) is 5.73 Å². The molecule has 0 aromatic heterocycles. The number of hydroxylamine groups is 2. The molecule has 1 unspecified atom stereocenters. The maximum Gasteiger partial charge on any atom is 0.486 e. The van der Waals surface area contributed by atoms with Crippen LogP contribution in [0.25, 0.3) is 0 Å². The summed E-state index contributed by atoms with van der Waals surface area (Å²) >= 11 is 0. The van der Waals surface area contributed by atoms with Crippen LogP contribution in [0.3, 0.4) is 0 Å². The molecule has 0 aromatic rings. The number of hydrogen-bond donors (Lipinski definition) is 4. The van der Waals surface area contributed by atoms with Crippen molar-refractivity contribution in [1.82, 2.24) is 10.4 Å². The number of nitrogens with two attached hydrogens (primary N) is 1. The first-order chi connectivity index (χ1) is 5.49. The fourth-order valence-corrected chi connectivity index (χ4v) is 1.42. The smallest absolute Gasteiger partial charge is 0.313 e. The first-order valence-electron chi connectivity index (χ1n) is 3.47. The van der Waals surface area contributed by atoms with Gasteiger partial charge in [0.25, 0.3) is 0 Å². The van der Waals surface area contributed by atoms with E-state index in [0.29, 0.717) is 19.6 Å². The van der Waals surface area contributed by atoms with Crippen LogP contribution in [0.15, 0.2) is 0 Å². The summed E-state index contributed by atoms with van der Waals surface area (Å²) in [6, 6.07) is 0. The van der Waals surface area contributed by atoms with E-state index in [2.05, 4.69) is 9.94 Å². The van der Waals surface area contributed by atoms with Crippen molar-refractivity contribution in [3.05, 3.63) is 0 Å². The Morgan fingerprint density at radius 1 is 1.67 bits per heavy atom. The van der Waals surface area contributed by atoms with Gasteiger partial charge in [0.1, 0.15) is 0 Å². The van der Waals surface area contributed by atoms with Gasteiger partial charge in [0, 0.05) is 19.6 Å². The van der Waals surface area contributed by atoms with Gasteiger partial charge in [-0.05, 0) is 0 Å². The van der Waals surface area contributed by atoms with Crippen molar-refractivity contribution in [3.63, 3.8) is 0 Å². The Labute approximate surface area is 69.7 Å². The van der Waals surface area contributed by atoms with Crippen molar-refractivity contribution in [2.45, 2.75) is 6.17 Å². The highest BCUT2D eigenvalue weighted by atomic mass is 31.2. The van der Waals surface area contributed by atoms with E-state index >= 15 is 0 Å². The molecular formula is C4H12N3O4P. The fraction of sp³-hybridized carbons (Fsp3) is 1.00. The molecule has 1 heterocycles. The number of nitrogens with zero attached hydrogens (tertiary/aromatic N) is 1. The van der Waals surface area contributed by atoms with Crippen LogP contribution in [0.2, 0.25) is 0 Å². The van der Waals surface area contributed by atoms with E-state index in [4.69, 9.17) is 15.5 Å². The molecule has 7 nitrogen and oxygen atoms in total. The molecule has 1 aliphatic heterocycles. The molecule has 8 heteroatoms. The van der Waals surface area contributed by atoms with E-state index in [1.807, 2.05) is 0 Å². The number of nitrogens with one attached hydrogen (secondary N) is 1. The normalized spacial score (nSPS) is 27.4. The van der Waals surface area contributed by atoms with Gasteiger partial charge < -0.3 is 20.8 Å². The van der Waals surface area contributed by atoms with E-state index < -0.39 is 14.0 Å². The lowest BCUT2D eigenvalue weighted by Gasteiger charge is -2.31. The summed E-state index contributed by atoms with van der Waals surface area (Å²) in [5.41, 5.74) is 5.48. The van der Waals surface area contributed by atoms with E-state index in [9.17, 15) is 4.57 Å². The van der Waals surface area contributed by atoms with E-state index in [-0.39, 0.29) is 0 Å². The van der Waals surface area contributed by atoms with E-state index in [1.54, 1.807) is 0 Å². The number of phosphoric acid groups is 1. The van der Waals surface area contributed by atoms with Gasteiger partial charge in [-0.25, -0.2) is 4.57 Å². The molecule has 1 rings (SSSR count). The molecule has 0 aromatic carbocycles. The lowest BCUT2D eigenvalue weighted by Crippen LogP contribution is -2.55. The largest absolute Gasteiger partial charge is 0.486 e. The van der Waals surface area contributed by atoms with Gasteiger partial charge in [-0.3, -0.25) is 0 Å². The van der Waals surface area contributed by atoms with Gasteiger partial charge >= 0.3 is 7.82 Å². The Balaban J connectivity index is 2.44. The molecule has 72 valence electrons. The van der Waals surface area contributed by atoms with Crippen LogP contribution in [0, 0.1) is 0 Å². The van der Waals surface area contributed by atoms with E-state index in [1.165, 1.54) is 0 Å². The Kier molecular flexibility index (Phi) is 3.19. The second-order valence-corrected chi connectivity index (χ2v) is 3.63. The summed E-state index contributed by atoms with van der Waals surface area (Å²) < 4.78 is 14.7. The third kappa shape index (κ3) is 3.16. The van der Waals surface area contributed by atoms with Crippen LogP contribution in [-0.2, 0) is 9.19 Å². The minimum Gasteiger partial charge on any atom is -0.313 e. The standard InChI is InChI=1S/C4H12N3O4P/c5-4-3-6-1-2-7(4)11-12(8,9)10/h4,6H,1-3,5H2,(H2,8,9,10). The predicted molar refractivity (Wildman–Crippen MR) is 40.7 cm³/mol. The molecule has 1 fully saturated rings. The van der Waals surface area contributed by atoms with Crippen LogP contribution in [0.4, 0.5) is 0 Å². The molecule has 1 atom stereocenters. The first kappa shape index (κ1) is 10.1. The maximum absolute atomic E-state index is 10.4. The first-order valence-corrected chi connectivity index (χ1v) is 5.00. The zero-order valence-electron chi connectivity index (χ0n) is 6.38. The topological polar surface area (TPSA) is 108 Å². The Bertz CT molecular complexity index is 195. The zero-order chi connectivity index (χ0) is 9.19. The van der Waals surface area contributed by atoms with Crippen LogP contribution in [0.1, 0.15) is 0 Å². The minimum atomic E-state index is -4.45. The highest BCUT2D eigenvalue weighted by molar-refractivity contribution is 7.46. The fourth-order valence-electron chi connectivity index (χ4n) is 0.945. The summed E-state index contributed by atoms with van der Waals surface area (Å²) in [7, 11) is -4.45. The highest BCUT2D eigenvalue weighted by Gasteiger charge is 2.26. The van der Waals surface area contributed by atoms with Crippen molar-refractivity contribution in [1.29, 1.82) is 0 Å². The number of rotatable bonds is 2. The molecule has 0 saturated carbocycles. The summed E-state index contributed by atoms with van der Waals surface area (Å²) in [5, 5.41) is 4.05. The van der Waals surface area contributed by atoms with Gasteiger partial charge in [0.05, 0.1) is 6.17 Å². The van der Waals surface area contributed by atoms with Crippen LogP contribution in [-0.4, -0.2) is 40.7 Å². The Morgan fingerprint density at radius 3 is 2.83 bits per heavy atom. The predicted octanol–water partition coefficient (Wildman–Crippen LogP) is -1.80. The average molecular weight is 197 g/mol. The van der Waals surface area contributed by atoms with Crippen molar-refractivity contribution < 1.29 is 19.0 Å². The van der Waals surface area contributed by atoms with Gasteiger partial charge in [-0.1, -0.05) is 0 Å². The summed E-state index contributed by atoms with van der Waals surface area (Å²) in [6.45, 7) is 1.43. The molecular weight excluding hydrogens is 185 g/mol. The Hall–Kier alpha value is -0.0100. The molecule has 0 spiro atoms. The van der Waals surface area contributed by atoms with Gasteiger partial charge in [0.15, 0.2) is 0 Å². The number of hydrogen-bond acceptors (Lipinski definition) is 5. The SMILES string of the molecule is NC1CNCCN1OP(=O)(O)O. The third-order valence-electron chi connectivity index (χ3n) is 1.44. The van der Waals surface area contributed by atoms with Crippen molar-refractivity contribution in [2.75, 3.05) is 19.6 Å². The summed E-state index contributed by atoms with van der Waals surface area (Å²) in [5.74, 6) is 0. The van der Waals surface area contributed by atoms with Crippen molar-refractivity contribution in [3.8, 4) is 0 Å². The minimum absolute atomic E-state index is 0.367. The average Bonchev–Trinajstić information content (AvgIpc) is 1.91. The maximum atomic E-state index is 10.4. The molecule has 1 saturated heterocycles. The lowest BCUT2D eigenvalue weighted by atomic mass is 10.4. The lowest BCUT2D eigenvalue weighted by molar-refractivity contribution is -0.121. The van der Waals surface area contributed by atoms with Crippen LogP contribution < -0.4 is 11.1 Å². The molecule has 12 heavy (non-hydrogen) atoms. The van der Waals surface area contributed by atoms with Gasteiger partial charge in [-0.2, -0.15) is 9.69 Å². The van der Waals surface area contributed by atoms with Gasteiger partial charge in [-0.15, -0.1) is 0 Å². The van der Waals surface area contributed by atoms with Crippen molar-refractivity contribution >= 4 is 7.82 Å². The molecule has 5 N–H and O–H groups in total. The van der Waals surface area contributed by atoms with Gasteiger partial charge in [0.2, 0.25) is 0 Å². The zero-order valence-corrected chi connectivity index (χ0v) is 7.28. The highest BCUT2D eigenvalue weighted by Crippen LogP contribution is 2.37. The number of piperazine rings is 1. The molecule has 0 amide bonds. The molecule has 0 aliphatic carbocycles. The molecule has 0 bridgehead atoms. The quantitative estimate of drug-likeness (QED) is 0.387. The van der Waals surface area contributed by atoms with Crippen LogP contribution in [0.5, 0.6) is 0 Å². The second kappa shape index (κ2) is 3.80. The Morgan fingerprint density at radius 2 is 2.33 bits per heavy atom. The van der Waals surface area contributed by atoms with E-state index in [0.717, 1.165) is 5.06 Å². The second-order valence-electron chi connectivity index (χ2n) is 2.48. The molecule has 1 aliphatic rings. The van der Waals surface area contributed by atoms with Crippen LogP contribution >= 0.6 is 7.82 Å². The summed E-state index contributed by atoms with van der Waals surface area (Å²) in [6.07, 6.45) is -0.508. The summed E-state index contributed by atoms with van der Waals surface area (Å²) in [4.78, 5) is 16.9. The monoisotopic (exact) mass is 197 g/mol.